The van der Waals surface area contributed by atoms with Gasteiger partial charge in [0.1, 0.15) is 0 Å². The molecule has 0 radical (unpaired) electrons. The summed E-state index contributed by atoms with van der Waals surface area (Å²) in [5.74, 6) is 0.493. The van der Waals surface area contributed by atoms with Gasteiger partial charge >= 0.3 is 0 Å². The van der Waals surface area contributed by atoms with Crippen LogP contribution in [-0.4, -0.2) is 24.7 Å². The second-order valence-electron chi connectivity index (χ2n) is 6.63. The Hall–Kier alpha value is -1.39. The van der Waals surface area contributed by atoms with E-state index in [0.29, 0.717) is 12.5 Å². The highest BCUT2D eigenvalue weighted by atomic mass is 16.5. The highest BCUT2D eigenvalue weighted by molar-refractivity contribution is 5.94. The van der Waals surface area contributed by atoms with Crippen LogP contribution in [0.2, 0.25) is 0 Å². The summed E-state index contributed by atoms with van der Waals surface area (Å²) in [6, 6.07) is 7.52. The predicted molar refractivity (Wildman–Crippen MR) is 94.4 cm³/mol. The average molecular weight is 318 g/mol. The van der Waals surface area contributed by atoms with Crippen molar-refractivity contribution in [1.82, 2.24) is 0 Å². The third-order valence-corrected chi connectivity index (χ3v) is 4.64. The van der Waals surface area contributed by atoms with Gasteiger partial charge in [-0.15, -0.1) is 0 Å². The lowest BCUT2D eigenvalue weighted by molar-refractivity contribution is -0.128. The number of hydrogen-bond donors (Lipinski definition) is 2. The summed E-state index contributed by atoms with van der Waals surface area (Å²) in [5.41, 5.74) is 8.28. The molecule has 0 aliphatic heterocycles. The van der Waals surface area contributed by atoms with Crippen molar-refractivity contribution in [3.05, 3.63) is 29.8 Å². The minimum absolute atomic E-state index is 0.140. The zero-order chi connectivity index (χ0) is 16.7. The fourth-order valence-corrected chi connectivity index (χ4v) is 3.35. The largest absolute Gasteiger partial charge is 0.367 e. The maximum absolute atomic E-state index is 12.6. The highest BCUT2D eigenvalue weighted by Gasteiger charge is 2.29. The third-order valence-electron chi connectivity index (χ3n) is 4.64. The number of hydrogen-bond acceptors (Lipinski definition) is 3. The molecule has 0 bridgehead atoms. The summed E-state index contributed by atoms with van der Waals surface area (Å²) in [5, 5.41) is 2.93. The first kappa shape index (κ1) is 18.0. The van der Waals surface area contributed by atoms with E-state index in [-0.39, 0.29) is 11.9 Å². The number of carbonyl (C=O) groups excluding carboxylic acids is 1. The molecule has 0 heterocycles. The summed E-state index contributed by atoms with van der Waals surface area (Å²) in [4.78, 5) is 12.6. The predicted octanol–water partition coefficient (Wildman–Crippen LogP) is 3.64. The Balaban J connectivity index is 1.94. The summed E-state index contributed by atoms with van der Waals surface area (Å²) in [7, 11) is 0. The van der Waals surface area contributed by atoms with E-state index in [1.807, 2.05) is 38.1 Å². The molecule has 2 rings (SSSR count). The maximum atomic E-state index is 12.6. The molecule has 1 fully saturated rings. The van der Waals surface area contributed by atoms with Crippen LogP contribution in [0.5, 0.6) is 0 Å². The summed E-state index contributed by atoms with van der Waals surface area (Å²) >= 11 is 0. The molecule has 1 saturated carbocycles. The van der Waals surface area contributed by atoms with E-state index in [1.165, 1.54) is 37.7 Å². The lowest BCUT2D eigenvalue weighted by Gasteiger charge is -2.28. The molecule has 1 aromatic carbocycles. The Kier molecular flexibility index (Phi) is 7.06. The van der Waals surface area contributed by atoms with Crippen molar-refractivity contribution in [2.24, 2.45) is 11.7 Å². The molecule has 0 spiro atoms. The molecule has 3 N–H and O–H groups in total. The van der Waals surface area contributed by atoms with Gasteiger partial charge in [-0.25, -0.2) is 0 Å². The van der Waals surface area contributed by atoms with Gasteiger partial charge in [0.2, 0.25) is 0 Å². The molecular weight excluding hydrogens is 288 g/mol. The third kappa shape index (κ3) is 5.63. The lowest BCUT2D eigenvalue weighted by Crippen LogP contribution is -2.46. The van der Waals surface area contributed by atoms with Crippen LogP contribution in [0.3, 0.4) is 0 Å². The van der Waals surface area contributed by atoms with Gasteiger partial charge in [-0.3, -0.25) is 4.79 Å². The van der Waals surface area contributed by atoms with E-state index in [1.54, 1.807) is 0 Å². The molecular formula is C19H30N2O2. The Morgan fingerprint density at radius 1 is 1.26 bits per heavy atom. The first-order valence-electron chi connectivity index (χ1n) is 8.85. The van der Waals surface area contributed by atoms with Gasteiger partial charge in [-0.05, 0) is 38.3 Å². The topological polar surface area (TPSA) is 64.3 Å². The number of nitrogens with two attached hydrogens (primary N) is 1. The molecule has 4 nitrogen and oxygen atoms in total. The van der Waals surface area contributed by atoms with Crippen molar-refractivity contribution in [2.45, 2.75) is 64.5 Å². The fourth-order valence-electron chi connectivity index (χ4n) is 3.35. The van der Waals surface area contributed by atoms with Crippen LogP contribution in [-0.2, 0) is 9.53 Å². The van der Waals surface area contributed by atoms with Crippen molar-refractivity contribution in [2.75, 3.05) is 11.9 Å². The molecule has 1 aliphatic rings. The second kappa shape index (κ2) is 9.04. The number of aryl methyl sites for hydroxylation is 1. The van der Waals surface area contributed by atoms with Crippen LogP contribution in [0, 0.1) is 12.8 Å². The van der Waals surface area contributed by atoms with E-state index in [9.17, 15) is 4.79 Å². The number of anilines is 1. The summed E-state index contributed by atoms with van der Waals surface area (Å²) in [6.07, 6.45) is 6.64. The number of carbonyl (C=O) groups is 1. The molecule has 1 amide bonds. The number of nitrogens with one attached hydrogen (secondary N) is 1. The zero-order valence-corrected chi connectivity index (χ0v) is 14.4. The Bertz CT molecular complexity index is 481. The Morgan fingerprint density at radius 2 is 1.91 bits per heavy atom. The van der Waals surface area contributed by atoms with Crippen LogP contribution in [0.1, 0.15) is 51.0 Å². The highest BCUT2D eigenvalue weighted by Crippen LogP contribution is 2.28. The van der Waals surface area contributed by atoms with E-state index >= 15 is 0 Å². The van der Waals surface area contributed by atoms with Crippen LogP contribution < -0.4 is 11.1 Å². The summed E-state index contributed by atoms with van der Waals surface area (Å²) < 4.78 is 5.67. The molecule has 0 saturated heterocycles. The maximum Gasteiger partial charge on any atom is 0.255 e. The zero-order valence-electron chi connectivity index (χ0n) is 14.4. The molecule has 2 atom stereocenters. The molecule has 0 aromatic heterocycles. The van der Waals surface area contributed by atoms with Crippen molar-refractivity contribution in [1.29, 1.82) is 0 Å². The molecule has 1 aromatic rings. The smallest absolute Gasteiger partial charge is 0.255 e. The van der Waals surface area contributed by atoms with Gasteiger partial charge in [-0.2, -0.15) is 0 Å². The molecule has 128 valence electrons. The second-order valence-corrected chi connectivity index (χ2v) is 6.63. The first-order valence-corrected chi connectivity index (χ1v) is 8.85. The number of amides is 1. The van der Waals surface area contributed by atoms with Gasteiger partial charge < -0.3 is 15.8 Å². The van der Waals surface area contributed by atoms with Crippen molar-refractivity contribution < 1.29 is 9.53 Å². The molecule has 4 heteroatoms. The standard InChI is InChI=1S/C19H30N2O2/c1-3-23-18(17(20)13-15-7-5-4-6-8-15)19(22)21-16-11-9-14(2)10-12-16/h9-12,15,17-18H,3-8,13,20H2,1-2H3,(H,21,22)/t17-,18?/m1/s1. The van der Waals surface area contributed by atoms with Crippen LogP contribution in [0.25, 0.3) is 0 Å². The van der Waals surface area contributed by atoms with Crippen LogP contribution in [0.4, 0.5) is 5.69 Å². The van der Waals surface area contributed by atoms with Gasteiger partial charge in [0.25, 0.3) is 5.91 Å². The molecule has 23 heavy (non-hydrogen) atoms. The minimum atomic E-state index is -0.580. The van der Waals surface area contributed by atoms with Crippen molar-refractivity contribution in [3.63, 3.8) is 0 Å². The van der Waals surface area contributed by atoms with Gasteiger partial charge in [0.15, 0.2) is 6.10 Å². The summed E-state index contributed by atoms with van der Waals surface area (Å²) in [6.45, 7) is 4.42. The van der Waals surface area contributed by atoms with Gasteiger partial charge in [0, 0.05) is 18.3 Å². The van der Waals surface area contributed by atoms with Gasteiger partial charge in [0.05, 0.1) is 0 Å². The van der Waals surface area contributed by atoms with Crippen LogP contribution in [0.15, 0.2) is 24.3 Å². The van der Waals surface area contributed by atoms with E-state index in [0.717, 1.165) is 12.1 Å². The fraction of sp³-hybridized carbons (Fsp3) is 0.632. The van der Waals surface area contributed by atoms with E-state index in [4.69, 9.17) is 10.5 Å². The Labute approximate surface area is 139 Å². The first-order chi connectivity index (χ1) is 11.1. The number of benzene rings is 1. The quantitative estimate of drug-likeness (QED) is 0.807. The van der Waals surface area contributed by atoms with Crippen molar-refractivity contribution in [3.8, 4) is 0 Å². The van der Waals surface area contributed by atoms with Gasteiger partial charge in [-0.1, -0.05) is 49.8 Å². The lowest BCUT2D eigenvalue weighted by atomic mass is 9.84. The van der Waals surface area contributed by atoms with E-state index < -0.39 is 6.10 Å². The monoisotopic (exact) mass is 318 g/mol. The minimum Gasteiger partial charge on any atom is -0.367 e. The SMILES string of the molecule is CCOC(C(=O)Nc1ccc(C)cc1)[C@H](N)CC1CCCCC1. The molecule has 1 unspecified atom stereocenters. The number of rotatable bonds is 7. The van der Waals surface area contributed by atoms with E-state index in [2.05, 4.69) is 5.32 Å². The van der Waals surface area contributed by atoms with Crippen molar-refractivity contribution >= 4 is 11.6 Å². The van der Waals surface area contributed by atoms with Crippen LogP contribution >= 0.6 is 0 Å². The number of ether oxygens (including phenoxy) is 1. The Morgan fingerprint density at radius 3 is 2.52 bits per heavy atom. The average Bonchev–Trinajstić information content (AvgIpc) is 2.55. The molecule has 1 aliphatic carbocycles. The normalized spacial score (nSPS) is 18.4.